The van der Waals surface area contributed by atoms with Crippen molar-refractivity contribution in [2.75, 3.05) is 13.1 Å². The minimum Gasteiger partial charge on any atom is -0.314 e. The zero-order chi connectivity index (χ0) is 18.8. The van der Waals surface area contributed by atoms with Crippen molar-refractivity contribution in [1.29, 1.82) is 0 Å². The summed E-state index contributed by atoms with van der Waals surface area (Å²) in [6.07, 6.45) is 6.89. The van der Waals surface area contributed by atoms with Gasteiger partial charge in [-0.15, -0.1) is 10.2 Å². The van der Waals surface area contributed by atoms with Crippen molar-refractivity contribution in [3.63, 3.8) is 0 Å². The van der Waals surface area contributed by atoms with Gasteiger partial charge in [0.1, 0.15) is 12.2 Å². The van der Waals surface area contributed by atoms with E-state index in [2.05, 4.69) is 14.8 Å². The molecule has 2 heterocycles. The van der Waals surface area contributed by atoms with E-state index in [1.807, 2.05) is 0 Å². The highest BCUT2D eigenvalue weighted by Crippen LogP contribution is 2.57. The summed E-state index contributed by atoms with van der Waals surface area (Å²) in [5.41, 5.74) is -0.134. The highest BCUT2D eigenvalue weighted by molar-refractivity contribution is 7.89. The van der Waals surface area contributed by atoms with E-state index in [1.165, 1.54) is 4.31 Å². The third kappa shape index (κ3) is 2.62. The molecular formula is C18H20F2N4O2S. The SMILES string of the molecule is O=S(=O)(c1ccc(F)c(F)c1)N1CC(c2nncn2C2CC2)C2(CCC2)C1. The van der Waals surface area contributed by atoms with E-state index in [1.54, 1.807) is 6.33 Å². The molecule has 1 aromatic carbocycles. The monoisotopic (exact) mass is 394 g/mol. The standard InChI is InChI=1S/C18H20F2N4O2S/c19-15-5-4-13(8-16(15)20)27(25,26)23-9-14(18(10-23)6-1-7-18)17-22-21-11-24(17)12-2-3-12/h4-5,8,11-12,14H,1-3,6-7,9-10H2. The van der Waals surface area contributed by atoms with E-state index in [4.69, 9.17) is 0 Å². The van der Waals surface area contributed by atoms with Crippen molar-refractivity contribution in [3.05, 3.63) is 42.0 Å². The van der Waals surface area contributed by atoms with E-state index >= 15 is 0 Å². The van der Waals surface area contributed by atoms with Gasteiger partial charge >= 0.3 is 0 Å². The van der Waals surface area contributed by atoms with Crippen LogP contribution in [0.3, 0.4) is 0 Å². The minimum atomic E-state index is -3.90. The van der Waals surface area contributed by atoms with Gasteiger partial charge in [-0.05, 0) is 49.3 Å². The maximum atomic E-state index is 13.6. The fraction of sp³-hybridized carbons (Fsp3) is 0.556. The molecule has 1 unspecified atom stereocenters. The van der Waals surface area contributed by atoms with E-state index in [0.29, 0.717) is 19.1 Å². The Kier molecular flexibility index (Phi) is 3.71. The summed E-state index contributed by atoms with van der Waals surface area (Å²) >= 11 is 0. The highest BCUT2D eigenvalue weighted by atomic mass is 32.2. The second kappa shape index (κ2) is 5.81. The summed E-state index contributed by atoms with van der Waals surface area (Å²) in [7, 11) is -3.90. The lowest BCUT2D eigenvalue weighted by Crippen LogP contribution is -2.38. The number of hydrogen-bond donors (Lipinski definition) is 0. The molecule has 0 bridgehead atoms. The van der Waals surface area contributed by atoms with Crippen LogP contribution in [0.1, 0.15) is 49.9 Å². The minimum absolute atomic E-state index is 0.0191. The van der Waals surface area contributed by atoms with Crippen LogP contribution in [0.15, 0.2) is 29.4 Å². The van der Waals surface area contributed by atoms with Crippen molar-refractivity contribution in [3.8, 4) is 0 Å². The zero-order valence-electron chi connectivity index (χ0n) is 14.7. The van der Waals surface area contributed by atoms with Gasteiger partial charge in [-0.3, -0.25) is 0 Å². The van der Waals surface area contributed by atoms with Gasteiger partial charge in [-0.25, -0.2) is 17.2 Å². The van der Waals surface area contributed by atoms with Gasteiger partial charge in [0.05, 0.1) is 4.90 Å². The van der Waals surface area contributed by atoms with Crippen LogP contribution in [0.5, 0.6) is 0 Å². The van der Waals surface area contributed by atoms with Gasteiger partial charge in [0, 0.05) is 25.0 Å². The molecule has 1 aliphatic heterocycles. The van der Waals surface area contributed by atoms with Crippen LogP contribution in [0.25, 0.3) is 0 Å². The summed E-state index contributed by atoms with van der Waals surface area (Å²) in [5.74, 6) is -1.37. The number of sulfonamides is 1. The lowest BCUT2D eigenvalue weighted by molar-refractivity contribution is 0.125. The molecule has 1 atom stereocenters. The molecule has 2 aromatic rings. The van der Waals surface area contributed by atoms with E-state index in [0.717, 1.165) is 56.1 Å². The molecule has 0 N–H and O–H groups in total. The first-order valence-corrected chi connectivity index (χ1v) is 10.7. The third-order valence-electron chi connectivity index (χ3n) is 6.35. The Labute approximate surface area is 156 Å². The van der Waals surface area contributed by atoms with Crippen LogP contribution in [0.2, 0.25) is 0 Å². The van der Waals surface area contributed by atoms with Crippen molar-refractivity contribution in [2.45, 2.75) is 49.0 Å². The molecule has 3 aliphatic rings. The molecule has 9 heteroatoms. The molecule has 1 saturated heterocycles. The second-order valence-corrected chi connectivity index (χ2v) is 9.91. The molecule has 2 saturated carbocycles. The Morgan fingerprint density at radius 1 is 1.15 bits per heavy atom. The first-order chi connectivity index (χ1) is 12.9. The predicted molar refractivity (Wildman–Crippen MR) is 92.4 cm³/mol. The van der Waals surface area contributed by atoms with Gasteiger partial charge < -0.3 is 4.57 Å². The molecule has 6 nitrogen and oxygen atoms in total. The summed E-state index contributed by atoms with van der Waals surface area (Å²) < 4.78 is 56.5. The molecule has 3 fully saturated rings. The Bertz CT molecular complexity index is 999. The maximum Gasteiger partial charge on any atom is 0.243 e. The molecule has 144 valence electrons. The number of hydrogen-bond acceptors (Lipinski definition) is 4. The molecule has 2 aliphatic carbocycles. The van der Waals surface area contributed by atoms with Crippen LogP contribution < -0.4 is 0 Å². The molecule has 27 heavy (non-hydrogen) atoms. The van der Waals surface area contributed by atoms with Gasteiger partial charge in [0.25, 0.3) is 0 Å². The van der Waals surface area contributed by atoms with Crippen molar-refractivity contribution < 1.29 is 17.2 Å². The predicted octanol–water partition coefficient (Wildman–Crippen LogP) is 2.85. The zero-order valence-corrected chi connectivity index (χ0v) is 15.5. The quantitative estimate of drug-likeness (QED) is 0.800. The van der Waals surface area contributed by atoms with E-state index < -0.39 is 21.7 Å². The molecule has 0 radical (unpaired) electrons. The van der Waals surface area contributed by atoms with Crippen molar-refractivity contribution in [1.82, 2.24) is 19.1 Å². The van der Waals surface area contributed by atoms with Gasteiger partial charge in [0.2, 0.25) is 10.0 Å². The van der Waals surface area contributed by atoms with Crippen LogP contribution in [0.4, 0.5) is 8.78 Å². The topological polar surface area (TPSA) is 68.1 Å². The number of rotatable bonds is 4. The van der Waals surface area contributed by atoms with E-state index in [-0.39, 0.29) is 16.2 Å². The summed E-state index contributed by atoms with van der Waals surface area (Å²) in [6, 6.07) is 3.17. The summed E-state index contributed by atoms with van der Waals surface area (Å²) in [4.78, 5) is -0.208. The number of nitrogens with zero attached hydrogens (tertiary/aromatic N) is 4. The second-order valence-electron chi connectivity index (χ2n) is 7.97. The average Bonchev–Trinajstić information content (AvgIpc) is 3.18. The lowest BCUT2D eigenvalue weighted by atomic mass is 9.62. The Hall–Kier alpha value is -1.87. The molecular weight excluding hydrogens is 374 g/mol. The Balaban J connectivity index is 1.50. The van der Waals surface area contributed by atoms with Gasteiger partial charge in [0.15, 0.2) is 11.6 Å². The van der Waals surface area contributed by atoms with E-state index in [9.17, 15) is 17.2 Å². The largest absolute Gasteiger partial charge is 0.314 e. The first kappa shape index (κ1) is 17.2. The first-order valence-electron chi connectivity index (χ1n) is 9.25. The Morgan fingerprint density at radius 3 is 2.56 bits per heavy atom. The molecule has 0 amide bonds. The normalized spacial score (nSPS) is 25.0. The number of benzene rings is 1. The molecule has 1 spiro atoms. The maximum absolute atomic E-state index is 13.6. The average molecular weight is 394 g/mol. The van der Waals surface area contributed by atoms with Crippen LogP contribution in [-0.4, -0.2) is 40.6 Å². The third-order valence-corrected chi connectivity index (χ3v) is 8.16. The highest BCUT2D eigenvalue weighted by Gasteiger charge is 2.55. The lowest BCUT2D eigenvalue weighted by Gasteiger charge is -2.42. The molecule has 5 rings (SSSR count). The van der Waals surface area contributed by atoms with Crippen LogP contribution >= 0.6 is 0 Å². The van der Waals surface area contributed by atoms with Crippen molar-refractivity contribution in [2.24, 2.45) is 5.41 Å². The summed E-state index contributed by atoms with van der Waals surface area (Å²) in [5, 5.41) is 8.41. The summed E-state index contributed by atoms with van der Waals surface area (Å²) in [6.45, 7) is 0.684. The van der Waals surface area contributed by atoms with Crippen LogP contribution in [0, 0.1) is 17.0 Å². The fourth-order valence-electron chi connectivity index (χ4n) is 4.52. The fourth-order valence-corrected chi connectivity index (χ4v) is 6.08. The molecule has 1 aromatic heterocycles. The van der Waals surface area contributed by atoms with Crippen LogP contribution in [-0.2, 0) is 10.0 Å². The number of halogens is 2. The van der Waals surface area contributed by atoms with Crippen molar-refractivity contribution >= 4 is 10.0 Å². The number of aromatic nitrogens is 3. The van der Waals surface area contributed by atoms with Gasteiger partial charge in [-0.1, -0.05) is 6.42 Å². The Morgan fingerprint density at radius 2 is 1.93 bits per heavy atom. The van der Waals surface area contributed by atoms with Gasteiger partial charge in [-0.2, -0.15) is 4.31 Å². The smallest absolute Gasteiger partial charge is 0.243 e.